The van der Waals surface area contributed by atoms with Gasteiger partial charge in [0.15, 0.2) is 0 Å². The van der Waals surface area contributed by atoms with E-state index in [1.807, 2.05) is 6.07 Å². The Bertz CT molecular complexity index is 772. The number of piperidine rings is 1. The Morgan fingerprint density at radius 2 is 1.79 bits per heavy atom. The van der Waals surface area contributed by atoms with Crippen LogP contribution in [0.3, 0.4) is 0 Å². The molecule has 150 valence electrons. The Kier molecular flexibility index (Phi) is 6.81. The van der Waals surface area contributed by atoms with Gasteiger partial charge in [0.2, 0.25) is 5.91 Å². The van der Waals surface area contributed by atoms with E-state index in [-0.39, 0.29) is 23.7 Å². The normalized spacial score (nSPS) is 17.8. The van der Waals surface area contributed by atoms with Crippen LogP contribution in [0.25, 0.3) is 0 Å². The summed E-state index contributed by atoms with van der Waals surface area (Å²) in [6.07, 6.45) is 2.39. The van der Waals surface area contributed by atoms with Gasteiger partial charge in [-0.05, 0) is 43.4 Å². The quantitative estimate of drug-likeness (QED) is 0.772. The van der Waals surface area contributed by atoms with Crippen LogP contribution in [0, 0.1) is 5.82 Å². The second kappa shape index (κ2) is 9.30. The van der Waals surface area contributed by atoms with E-state index in [9.17, 15) is 9.18 Å². The Balaban J connectivity index is 1.44. The fourth-order valence-electron chi connectivity index (χ4n) is 3.82. The zero-order chi connectivity index (χ0) is 20.0. The molecule has 1 atom stereocenters. The number of likely N-dealkylation sites (tertiary alicyclic amines) is 1. The van der Waals surface area contributed by atoms with Crippen LogP contribution in [0.4, 0.5) is 4.39 Å². The van der Waals surface area contributed by atoms with Gasteiger partial charge in [0.1, 0.15) is 5.82 Å². The minimum atomic E-state index is -0.390. The van der Waals surface area contributed by atoms with Gasteiger partial charge in [-0.3, -0.25) is 9.69 Å². The molecule has 28 heavy (non-hydrogen) atoms. The fraction of sp³-hybridized carbons (Fsp3) is 0.435. The molecule has 1 saturated heterocycles. The van der Waals surface area contributed by atoms with Crippen molar-refractivity contribution >= 4 is 5.91 Å². The van der Waals surface area contributed by atoms with Crippen molar-refractivity contribution in [2.45, 2.75) is 50.7 Å². The number of carbonyl (C=O) groups excluding carboxylic acids is 1. The van der Waals surface area contributed by atoms with Gasteiger partial charge in [0.25, 0.3) is 0 Å². The number of hydrogen-bond acceptors (Lipinski definition) is 3. The number of carbonyl (C=O) groups is 1. The highest BCUT2D eigenvalue weighted by atomic mass is 19.1. The van der Waals surface area contributed by atoms with Crippen molar-refractivity contribution in [2.75, 3.05) is 13.1 Å². The van der Waals surface area contributed by atoms with E-state index in [1.54, 1.807) is 18.2 Å². The fourth-order valence-corrected chi connectivity index (χ4v) is 3.82. The maximum atomic E-state index is 13.8. The Morgan fingerprint density at radius 3 is 2.46 bits per heavy atom. The lowest BCUT2D eigenvalue weighted by molar-refractivity contribution is -0.123. The number of hydrogen-bond donors (Lipinski definition) is 2. The van der Waals surface area contributed by atoms with Crippen LogP contribution in [0.1, 0.15) is 37.3 Å². The number of halogens is 1. The predicted molar refractivity (Wildman–Crippen MR) is 110 cm³/mol. The van der Waals surface area contributed by atoms with Crippen LogP contribution >= 0.6 is 0 Å². The average molecular weight is 384 g/mol. The van der Waals surface area contributed by atoms with E-state index >= 15 is 0 Å². The van der Waals surface area contributed by atoms with Gasteiger partial charge in [-0.15, -0.1) is 0 Å². The topological polar surface area (TPSA) is 58.4 Å². The molecule has 1 heterocycles. The van der Waals surface area contributed by atoms with Gasteiger partial charge in [-0.2, -0.15) is 0 Å². The molecular formula is C23H30FN3O. The number of nitrogens with one attached hydrogen (secondary N) is 1. The molecule has 1 amide bonds. The minimum absolute atomic E-state index is 0.0529. The predicted octanol–water partition coefficient (Wildman–Crippen LogP) is 3.26. The van der Waals surface area contributed by atoms with Crippen LogP contribution in [-0.2, 0) is 17.8 Å². The van der Waals surface area contributed by atoms with Crippen molar-refractivity contribution in [3.63, 3.8) is 0 Å². The molecule has 0 spiro atoms. The highest BCUT2D eigenvalue weighted by Crippen LogP contribution is 2.23. The summed E-state index contributed by atoms with van der Waals surface area (Å²) in [5.41, 5.74) is 7.76. The molecule has 0 unspecified atom stereocenters. The standard InChI is InChI=1S/C23H30FN3O/c1-23(11-13-27(14-12-23)17-18-7-3-2-4-8-18)26-22(28)16-20(25)15-19-9-5-6-10-21(19)24/h2-10,20H,11-17,25H2,1H3,(H,26,28)/t20-/m1/s1. The van der Waals surface area contributed by atoms with Gasteiger partial charge in [0, 0.05) is 37.6 Å². The first kappa shape index (κ1) is 20.5. The molecule has 0 bridgehead atoms. The molecular weight excluding hydrogens is 353 g/mol. The van der Waals surface area contributed by atoms with E-state index in [2.05, 4.69) is 41.4 Å². The number of nitrogens with zero attached hydrogens (tertiary/aromatic N) is 1. The number of amides is 1. The van der Waals surface area contributed by atoms with Crippen molar-refractivity contribution in [2.24, 2.45) is 5.73 Å². The molecule has 1 aliphatic heterocycles. The summed E-state index contributed by atoms with van der Waals surface area (Å²) in [5, 5.41) is 3.17. The summed E-state index contributed by atoms with van der Waals surface area (Å²) in [6, 6.07) is 16.6. The lowest BCUT2D eigenvalue weighted by Gasteiger charge is -2.40. The average Bonchev–Trinajstić information content (AvgIpc) is 2.66. The molecule has 2 aromatic rings. The molecule has 0 aliphatic carbocycles. The van der Waals surface area contributed by atoms with E-state index < -0.39 is 6.04 Å². The second-order valence-corrected chi connectivity index (χ2v) is 8.13. The largest absolute Gasteiger partial charge is 0.351 e. The number of benzene rings is 2. The lowest BCUT2D eigenvalue weighted by Crippen LogP contribution is -2.53. The molecule has 0 aromatic heterocycles. The third-order valence-corrected chi connectivity index (χ3v) is 5.54. The van der Waals surface area contributed by atoms with Crippen molar-refractivity contribution in [1.82, 2.24) is 10.2 Å². The molecule has 3 rings (SSSR count). The van der Waals surface area contributed by atoms with E-state index in [1.165, 1.54) is 11.6 Å². The second-order valence-electron chi connectivity index (χ2n) is 8.13. The first-order chi connectivity index (χ1) is 13.4. The smallest absolute Gasteiger partial charge is 0.221 e. The molecule has 3 N–H and O–H groups in total. The van der Waals surface area contributed by atoms with Gasteiger partial charge in [-0.1, -0.05) is 48.5 Å². The van der Waals surface area contributed by atoms with Crippen molar-refractivity contribution in [3.8, 4) is 0 Å². The SMILES string of the molecule is CC1(NC(=O)C[C@H](N)Cc2ccccc2F)CCN(Cc2ccccc2)CC1. The van der Waals surface area contributed by atoms with Crippen LogP contribution in [0.5, 0.6) is 0 Å². The van der Waals surface area contributed by atoms with Gasteiger partial charge in [0.05, 0.1) is 0 Å². The van der Waals surface area contributed by atoms with E-state index in [0.29, 0.717) is 12.0 Å². The monoisotopic (exact) mass is 383 g/mol. The Hall–Kier alpha value is -2.24. The zero-order valence-corrected chi connectivity index (χ0v) is 16.5. The van der Waals surface area contributed by atoms with E-state index in [0.717, 1.165) is 32.5 Å². The molecule has 0 radical (unpaired) electrons. The summed E-state index contributed by atoms with van der Waals surface area (Å²) in [5.74, 6) is -0.320. The van der Waals surface area contributed by atoms with Gasteiger partial charge >= 0.3 is 0 Å². The van der Waals surface area contributed by atoms with Gasteiger partial charge < -0.3 is 11.1 Å². The first-order valence-corrected chi connectivity index (χ1v) is 10.00. The summed E-state index contributed by atoms with van der Waals surface area (Å²) in [7, 11) is 0. The van der Waals surface area contributed by atoms with Crippen LogP contribution in [0.15, 0.2) is 54.6 Å². The first-order valence-electron chi connectivity index (χ1n) is 10.00. The minimum Gasteiger partial charge on any atom is -0.351 e. The highest BCUT2D eigenvalue weighted by Gasteiger charge is 2.31. The van der Waals surface area contributed by atoms with Crippen molar-refractivity contribution in [3.05, 3.63) is 71.5 Å². The summed E-state index contributed by atoms with van der Waals surface area (Å²) in [6.45, 7) is 4.95. The van der Waals surface area contributed by atoms with Crippen LogP contribution < -0.4 is 11.1 Å². The zero-order valence-electron chi connectivity index (χ0n) is 16.5. The maximum absolute atomic E-state index is 13.8. The summed E-state index contributed by atoms with van der Waals surface area (Å²) in [4.78, 5) is 14.9. The van der Waals surface area contributed by atoms with Crippen molar-refractivity contribution < 1.29 is 9.18 Å². The van der Waals surface area contributed by atoms with E-state index in [4.69, 9.17) is 5.73 Å². The molecule has 4 nitrogen and oxygen atoms in total. The molecule has 5 heteroatoms. The number of nitrogens with two attached hydrogens (primary N) is 1. The molecule has 1 aliphatic rings. The highest BCUT2D eigenvalue weighted by molar-refractivity contribution is 5.77. The molecule has 2 aromatic carbocycles. The number of rotatable bonds is 7. The van der Waals surface area contributed by atoms with Crippen molar-refractivity contribution in [1.29, 1.82) is 0 Å². The lowest BCUT2D eigenvalue weighted by atomic mass is 9.89. The Morgan fingerprint density at radius 1 is 1.14 bits per heavy atom. The third-order valence-electron chi connectivity index (χ3n) is 5.54. The van der Waals surface area contributed by atoms with Crippen LogP contribution in [-0.4, -0.2) is 35.5 Å². The molecule has 1 fully saturated rings. The maximum Gasteiger partial charge on any atom is 0.221 e. The van der Waals surface area contributed by atoms with Gasteiger partial charge in [-0.25, -0.2) is 4.39 Å². The summed E-state index contributed by atoms with van der Waals surface area (Å²) < 4.78 is 13.8. The molecule has 0 saturated carbocycles. The summed E-state index contributed by atoms with van der Waals surface area (Å²) >= 11 is 0. The van der Waals surface area contributed by atoms with Crippen LogP contribution in [0.2, 0.25) is 0 Å². The third kappa shape index (κ3) is 5.88. The Labute approximate surface area is 166 Å².